The number of aromatic nitrogens is 2. The van der Waals surface area contributed by atoms with E-state index in [2.05, 4.69) is 35.1 Å². The lowest BCUT2D eigenvalue weighted by Gasteiger charge is -2.15. The van der Waals surface area contributed by atoms with Crippen LogP contribution in [0.2, 0.25) is 0 Å². The molecule has 0 radical (unpaired) electrons. The van der Waals surface area contributed by atoms with Crippen LogP contribution < -0.4 is 5.32 Å². The number of nitrogens with zero attached hydrogens (tertiary/aromatic N) is 2. The van der Waals surface area contributed by atoms with Crippen molar-refractivity contribution in [1.29, 1.82) is 0 Å². The molecule has 0 amide bonds. The predicted octanol–water partition coefficient (Wildman–Crippen LogP) is 4.67. The van der Waals surface area contributed by atoms with Crippen LogP contribution in [0.3, 0.4) is 0 Å². The van der Waals surface area contributed by atoms with Crippen molar-refractivity contribution in [3.63, 3.8) is 0 Å². The Balaban J connectivity index is 2.29. The number of aryl methyl sites for hydroxylation is 1. The molecule has 0 aliphatic heterocycles. The van der Waals surface area contributed by atoms with E-state index in [-0.39, 0.29) is 0 Å². The summed E-state index contributed by atoms with van der Waals surface area (Å²) >= 11 is 3.67. The van der Waals surface area contributed by atoms with Crippen LogP contribution in [-0.2, 0) is 6.42 Å². The number of nitrogens with one attached hydrogen (secondary N) is 1. The average molecular weight is 326 g/mol. The molecule has 1 aromatic rings. The summed E-state index contributed by atoms with van der Waals surface area (Å²) in [5, 5.41) is 3.43. The first kappa shape index (κ1) is 14.8. The van der Waals surface area contributed by atoms with E-state index < -0.39 is 0 Å². The predicted molar refractivity (Wildman–Crippen MR) is 83.7 cm³/mol. The second-order valence-electron chi connectivity index (χ2n) is 5.35. The van der Waals surface area contributed by atoms with Crippen molar-refractivity contribution in [3.8, 4) is 0 Å². The molecular formula is C15H24BrN3. The fraction of sp³-hybridized carbons (Fsp3) is 0.733. The van der Waals surface area contributed by atoms with Gasteiger partial charge in [0, 0.05) is 12.5 Å². The van der Waals surface area contributed by atoms with Gasteiger partial charge in [0.15, 0.2) is 0 Å². The number of anilines is 1. The molecule has 0 unspecified atom stereocenters. The van der Waals surface area contributed by atoms with Gasteiger partial charge >= 0.3 is 0 Å². The quantitative estimate of drug-likeness (QED) is 0.825. The Morgan fingerprint density at radius 1 is 1.16 bits per heavy atom. The first-order valence-electron chi connectivity index (χ1n) is 7.56. The molecule has 1 aromatic heterocycles. The molecule has 1 saturated carbocycles. The Kier molecular flexibility index (Phi) is 5.61. The molecule has 0 spiro atoms. The van der Waals surface area contributed by atoms with Crippen LogP contribution in [0.1, 0.15) is 69.8 Å². The molecule has 3 nitrogen and oxygen atoms in total. The summed E-state index contributed by atoms with van der Waals surface area (Å²) in [5.74, 6) is 2.62. The van der Waals surface area contributed by atoms with Crippen LogP contribution in [0.25, 0.3) is 0 Å². The molecule has 0 saturated heterocycles. The standard InChI is InChI=1S/C15H24BrN3/c1-3-7-12-13(16)15(17-10-4-2)19-14(18-12)11-8-5-6-9-11/h11H,3-10H2,1-2H3,(H,17,18,19). The van der Waals surface area contributed by atoms with Gasteiger partial charge in [-0.25, -0.2) is 9.97 Å². The van der Waals surface area contributed by atoms with Crippen molar-refractivity contribution in [1.82, 2.24) is 9.97 Å². The van der Waals surface area contributed by atoms with E-state index in [1.165, 1.54) is 25.7 Å². The van der Waals surface area contributed by atoms with Crippen molar-refractivity contribution in [2.24, 2.45) is 0 Å². The molecule has 1 aliphatic rings. The highest BCUT2D eigenvalue weighted by Gasteiger charge is 2.22. The maximum absolute atomic E-state index is 4.81. The lowest BCUT2D eigenvalue weighted by Crippen LogP contribution is -2.11. The van der Waals surface area contributed by atoms with Gasteiger partial charge in [-0.2, -0.15) is 0 Å². The third-order valence-electron chi connectivity index (χ3n) is 3.69. The topological polar surface area (TPSA) is 37.8 Å². The Morgan fingerprint density at radius 2 is 1.89 bits per heavy atom. The number of hydrogen-bond acceptors (Lipinski definition) is 3. The lowest BCUT2D eigenvalue weighted by atomic mass is 10.1. The molecule has 2 rings (SSSR count). The van der Waals surface area contributed by atoms with Gasteiger partial charge in [-0.15, -0.1) is 0 Å². The first-order valence-corrected chi connectivity index (χ1v) is 8.35. The van der Waals surface area contributed by atoms with Gasteiger partial charge in [-0.3, -0.25) is 0 Å². The van der Waals surface area contributed by atoms with Crippen LogP contribution in [0, 0.1) is 0 Å². The molecule has 0 aromatic carbocycles. The maximum atomic E-state index is 4.81. The minimum Gasteiger partial charge on any atom is -0.369 e. The highest BCUT2D eigenvalue weighted by molar-refractivity contribution is 9.10. The third-order valence-corrected chi connectivity index (χ3v) is 4.52. The molecule has 0 atom stereocenters. The Bertz CT molecular complexity index is 414. The first-order chi connectivity index (χ1) is 9.26. The van der Waals surface area contributed by atoms with Crippen LogP contribution in [-0.4, -0.2) is 16.5 Å². The zero-order valence-electron chi connectivity index (χ0n) is 12.0. The molecule has 0 bridgehead atoms. The van der Waals surface area contributed by atoms with Gasteiger partial charge in [-0.05, 0) is 41.6 Å². The molecular weight excluding hydrogens is 302 g/mol. The molecule has 106 valence electrons. The second kappa shape index (κ2) is 7.22. The van der Waals surface area contributed by atoms with E-state index in [9.17, 15) is 0 Å². The van der Waals surface area contributed by atoms with Crippen LogP contribution in [0.5, 0.6) is 0 Å². The zero-order valence-corrected chi connectivity index (χ0v) is 13.6. The lowest BCUT2D eigenvalue weighted by molar-refractivity contribution is 0.657. The van der Waals surface area contributed by atoms with Crippen LogP contribution in [0.4, 0.5) is 5.82 Å². The molecule has 1 fully saturated rings. The normalized spacial score (nSPS) is 15.9. The monoisotopic (exact) mass is 325 g/mol. The minimum absolute atomic E-state index is 0.575. The van der Waals surface area contributed by atoms with E-state index >= 15 is 0 Å². The van der Waals surface area contributed by atoms with E-state index in [0.29, 0.717) is 5.92 Å². The zero-order chi connectivity index (χ0) is 13.7. The largest absolute Gasteiger partial charge is 0.369 e. The van der Waals surface area contributed by atoms with Crippen molar-refractivity contribution >= 4 is 21.7 Å². The summed E-state index contributed by atoms with van der Waals surface area (Å²) < 4.78 is 1.06. The van der Waals surface area contributed by atoms with Crippen molar-refractivity contribution in [2.75, 3.05) is 11.9 Å². The fourth-order valence-electron chi connectivity index (χ4n) is 2.64. The Hall–Kier alpha value is -0.640. The molecule has 4 heteroatoms. The summed E-state index contributed by atoms with van der Waals surface area (Å²) in [6.45, 7) is 5.33. The van der Waals surface area contributed by atoms with Gasteiger partial charge in [0.25, 0.3) is 0 Å². The van der Waals surface area contributed by atoms with Crippen LogP contribution >= 0.6 is 15.9 Å². The molecule has 1 aliphatic carbocycles. The Labute approximate surface area is 124 Å². The van der Waals surface area contributed by atoms with Gasteiger partial charge in [0.1, 0.15) is 11.6 Å². The number of halogens is 1. The number of hydrogen-bond donors (Lipinski definition) is 1. The van der Waals surface area contributed by atoms with Gasteiger partial charge in [0.2, 0.25) is 0 Å². The molecule has 19 heavy (non-hydrogen) atoms. The van der Waals surface area contributed by atoms with E-state index in [1.54, 1.807) is 0 Å². The van der Waals surface area contributed by atoms with Crippen molar-refractivity contribution in [2.45, 2.75) is 64.7 Å². The third kappa shape index (κ3) is 3.68. The van der Waals surface area contributed by atoms with Gasteiger partial charge < -0.3 is 5.32 Å². The fourth-order valence-corrected chi connectivity index (χ4v) is 3.16. The van der Waals surface area contributed by atoms with E-state index in [1.807, 2.05) is 0 Å². The summed E-state index contributed by atoms with van der Waals surface area (Å²) in [6, 6.07) is 0. The summed E-state index contributed by atoms with van der Waals surface area (Å²) in [7, 11) is 0. The highest BCUT2D eigenvalue weighted by Crippen LogP contribution is 2.34. The summed E-state index contributed by atoms with van der Waals surface area (Å²) in [5.41, 5.74) is 1.16. The highest BCUT2D eigenvalue weighted by atomic mass is 79.9. The summed E-state index contributed by atoms with van der Waals surface area (Å²) in [6.07, 6.45) is 8.39. The summed E-state index contributed by atoms with van der Waals surface area (Å²) in [4.78, 5) is 9.58. The Morgan fingerprint density at radius 3 is 2.53 bits per heavy atom. The molecule has 1 N–H and O–H groups in total. The van der Waals surface area contributed by atoms with E-state index in [4.69, 9.17) is 9.97 Å². The van der Waals surface area contributed by atoms with Gasteiger partial charge in [0.05, 0.1) is 10.2 Å². The average Bonchev–Trinajstić information content (AvgIpc) is 2.94. The number of rotatable bonds is 6. The second-order valence-corrected chi connectivity index (χ2v) is 6.14. The smallest absolute Gasteiger partial charge is 0.144 e. The van der Waals surface area contributed by atoms with E-state index in [0.717, 1.165) is 47.6 Å². The van der Waals surface area contributed by atoms with Gasteiger partial charge in [-0.1, -0.05) is 33.1 Å². The minimum atomic E-state index is 0.575. The van der Waals surface area contributed by atoms with Crippen molar-refractivity contribution < 1.29 is 0 Å². The van der Waals surface area contributed by atoms with Crippen molar-refractivity contribution in [3.05, 3.63) is 16.0 Å². The SMILES string of the molecule is CCCNc1nc(C2CCCC2)nc(CCC)c1Br. The molecule has 1 heterocycles. The maximum Gasteiger partial charge on any atom is 0.144 e. The van der Waals surface area contributed by atoms with Crippen LogP contribution in [0.15, 0.2) is 4.47 Å².